The molecule has 0 N–H and O–H groups in total. The van der Waals surface area contributed by atoms with Crippen LogP contribution in [0, 0.1) is 0 Å². The van der Waals surface area contributed by atoms with E-state index in [1.165, 1.54) is 5.56 Å². The SMILES string of the molecule is CC(C)(C)OC(=O)C12CC=CN1Cc1ccccc12. The average Bonchev–Trinajstić information content (AvgIpc) is 2.82. The molecule has 2 heterocycles. The highest BCUT2D eigenvalue weighted by atomic mass is 16.6. The zero-order chi connectivity index (χ0) is 13.7. The standard InChI is InChI=1S/C16H19NO2/c1-15(2,3)19-14(18)16-9-6-10-17(16)11-12-7-4-5-8-13(12)16/h4-8,10H,9,11H2,1-3H3. The minimum absolute atomic E-state index is 0.144. The van der Waals surface area contributed by atoms with Crippen molar-refractivity contribution in [2.24, 2.45) is 0 Å². The Morgan fingerprint density at radius 2 is 2.05 bits per heavy atom. The molecule has 1 aromatic carbocycles. The van der Waals surface area contributed by atoms with Crippen LogP contribution >= 0.6 is 0 Å². The highest BCUT2D eigenvalue weighted by Crippen LogP contribution is 2.46. The summed E-state index contributed by atoms with van der Waals surface area (Å²) < 4.78 is 5.66. The molecule has 2 aliphatic rings. The summed E-state index contributed by atoms with van der Waals surface area (Å²) in [6.45, 7) is 6.52. The van der Waals surface area contributed by atoms with Crippen LogP contribution in [0.15, 0.2) is 36.5 Å². The van der Waals surface area contributed by atoms with Gasteiger partial charge >= 0.3 is 5.97 Å². The number of ether oxygens (including phenoxy) is 1. The molecule has 3 heteroatoms. The Labute approximate surface area is 113 Å². The molecule has 0 saturated heterocycles. The third-order valence-corrected chi connectivity index (χ3v) is 3.73. The first-order valence-electron chi connectivity index (χ1n) is 6.69. The van der Waals surface area contributed by atoms with Gasteiger partial charge in [0.15, 0.2) is 5.54 Å². The third-order valence-electron chi connectivity index (χ3n) is 3.73. The first-order valence-corrected chi connectivity index (χ1v) is 6.69. The van der Waals surface area contributed by atoms with Gasteiger partial charge in [0.2, 0.25) is 0 Å². The van der Waals surface area contributed by atoms with Crippen LogP contribution in [0.5, 0.6) is 0 Å². The van der Waals surface area contributed by atoms with Gasteiger partial charge in [-0.1, -0.05) is 30.3 Å². The van der Waals surface area contributed by atoms with Crippen molar-refractivity contribution in [2.75, 3.05) is 0 Å². The summed E-state index contributed by atoms with van der Waals surface area (Å²) in [4.78, 5) is 14.8. The van der Waals surface area contributed by atoms with Gasteiger partial charge in [-0.15, -0.1) is 0 Å². The summed E-state index contributed by atoms with van der Waals surface area (Å²) in [5.74, 6) is -0.144. The van der Waals surface area contributed by atoms with Crippen molar-refractivity contribution in [1.82, 2.24) is 4.90 Å². The van der Waals surface area contributed by atoms with E-state index in [1.54, 1.807) is 0 Å². The molecule has 0 aliphatic carbocycles. The summed E-state index contributed by atoms with van der Waals surface area (Å²) in [5, 5.41) is 0. The summed E-state index contributed by atoms with van der Waals surface area (Å²) in [5.41, 5.74) is 1.22. The number of nitrogens with zero attached hydrogens (tertiary/aromatic N) is 1. The van der Waals surface area contributed by atoms with E-state index in [9.17, 15) is 4.79 Å². The minimum Gasteiger partial charge on any atom is -0.458 e. The Bertz CT molecular complexity index is 556. The normalized spacial score (nSPS) is 24.3. The van der Waals surface area contributed by atoms with E-state index >= 15 is 0 Å². The quantitative estimate of drug-likeness (QED) is 0.724. The van der Waals surface area contributed by atoms with Gasteiger partial charge in [0.1, 0.15) is 5.60 Å². The Morgan fingerprint density at radius 3 is 2.79 bits per heavy atom. The smallest absolute Gasteiger partial charge is 0.337 e. The number of hydrogen-bond donors (Lipinski definition) is 0. The molecule has 0 fully saturated rings. The largest absolute Gasteiger partial charge is 0.458 e. The number of benzene rings is 1. The second-order valence-electron chi connectivity index (χ2n) is 6.24. The van der Waals surface area contributed by atoms with E-state index in [1.807, 2.05) is 45.2 Å². The van der Waals surface area contributed by atoms with Crippen molar-refractivity contribution in [2.45, 2.75) is 44.9 Å². The Balaban J connectivity index is 2.04. The monoisotopic (exact) mass is 257 g/mol. The lowest BCUT2D eigenvalue weighted by Crippen LogP contribution is -2.46. The summed E-state index contributed by atoms with van der Waals surface area (Å²) in [7, 11) is 0. The molecule has 3 nitrogen and oxygen atoms in total. The van der Waals surface area contributed by atoms with Crippen LogP contribution in [0.3, 0.4) is 0 Å². The van der Waals surface area contributed by atoms with Crippen molar-refractivity contribution in [3.63, 3.8) is 0 Å². The van der Waals surface area contributed by atoms with Crippen molar-refractivity contribution < 1.29 is 9.53 Å². The van der Waals surface area contributed by atoms with Crippen LogP contribution in [-0.4, -0.2) is 16.5 Å². The molecule has 2 aliphatic heterocycles. The number of hydrogen-bond acceptors (Lipinski definition) is 3. The lowest BCUT2D eigenvalue weighted by atomic mass is 9.88. The zero-order valence-electron chi connectivity index (χ0n) is 11.6. The second-order valence-corrected chi connectivity index (χ2v) is 6.24. The van der Waals surface area contributed by atoms with Crippen molar-refractivity contribution >= 4 is 5.97 Å². The fourth-order valence-corrected chi connectivity index (χ4v) is 2.97. The molecule has 3 rings (SSSR count). The number of carbonyl (C=O) groups is 1. The molecule has 19 heavy (non-hydrogen) atoms. The van der Waals surface area contributed by atoms with Gasteiger partial charge < -0.3 is 9.64 Å². The van der Waals surface area contributed by atoms with Crippen LogP contribution in [0.1, 0.15) is 38.3 Å². The predicted octanol–water partition coefficient (Wildman–Crippen LogP) is 2.96. The van der Waals surface area contributed by atoms with Gasteiger partial charge in [-0.05, 0) is 38.1 Å². The van der Waals surface area contributed by atoms with Crippen LogP contribution in [0.25, 0.3) is 0 Å². The van der Waals surface area contributed by atoms with Crippen LogP contribution in [-0.2, 0) is 21.6 Å². The molecule has 1 unspecified atom stereocenters. The number of rotatable bonds is 1. The molecule has 0 aromatic heterocycles. The van der Waals surface area contributed by atoms with Gasteiger partial charge in [0.05, 0.1) is 0 Å². The van der Waals surface area contributed by atoms with Crippen molar-refractivity contribution in [3.8, 4) is 0 Å². The van der Waals surface area contributed by atoms with Gasteiger partial charge in [-0.25, -0.2) is 4.79 Å². The zero-order valence-corrected chi connectivity index (χ0v) is 11.6. The van der Waals surface area contributed by atoms with E-state index in [4.69, 9.17) is 4.74 Å². The first-order chi connectivity index (χ1) is 8.93. The predicted molar refractivity (Wildman–Crippen MR) is 73.3 cm³/mol. The van der Waals surface area contributed by atoms with Gasteiger partial charge in [-0.3, -0.25) is 0 Å². The molecule has 0 spiro atoms. The first kappa shape index (κ1) is 12.3. The molecule has 1 atom stereocenters. The molecule has 100 valence electrons. The number of esters is 1. The average molecular weight is 257 g/mol. The van der Waals surface area contributed by atoms with E-state index < -0.39 is 11.1 Å². The van der Waals surface area contributed by atoms with Crippen LogP contribution in [0.4, 0.5) is 0 Å². The molecule has 0 amide bonds. The summed E-state index contributed by atoms with van der Waals surface area (Å²) in [6, 6.07) is 8.15. The lowest BCUT2D eigenvalue weighted by molar-refractivity contribution is -0.167. The highest BCUT2D eigenvalue weighted by Gasteiger charge is 2.53. The molecule has 0 radical (unpaired) electrons. The van der Waals surface area contributed by atoms with E-state index in [2.05, 4.69) is 17.0 Å². The van der Waals surface area contributed by atoms with Crippen molar-refractivity contribution in [1.29, 1.82) is 0 Å². The maximum Gasteiger partial charge on any atom is 0.337 e. The van der Waals surface area contributed by atoms with Crippen LogP contribution < -0.4 is 0 Å². The topological polar surface area (TPSA) is 29.5 Å². The fourth-order valence-electron chi connectivity index (χ4n) is 2.97. The number of carbonyl (C=O) groups excluding carboxylic acids is 1. The molecule has 1 aromatic rings. The lowest BCUT2D eigenvalue weighted by Gasteiger charge is -2.34. The van der Waals surface area contributed by atoms with Gasteiger partial charge in [0, 0.05) is 13.0 Å². The van der Waals surface area contributed by atoms with Crippen molar-refractivity contribution in [3.05, 3.63) is 47.7 Å². The van der Waals surface area contributed by atoms with Gasteiger partial charge in [0.25, 0.3) is 0 Å². The maximum absolute atomic E-state index is 12.7. The van der Waals surface area contributed by atoms with E-state index in [-0.39, 0.29) is 5.97 Å². The highest BCUT2D eigenvalue weighted by molar-refractivity contribution is 5.85. The second kappa shape index (κ2) is 3.86. The summed E-state index contributed by atoms with van der Waals surface area (Å²) in [6.07, 6.45) is 4.77. The Hall–Kier alpha value is -1.77. The summed E-state index contributed by atoms with van der Waals surface area (Å²) >= 11 is 0. The Morgan fingerprint density at radius 1 is 1.32 bits per heavy atom. The molecular weight excluding hydrogens is 238 g/mol. The molecule has 0 bridgehead atoms. The van der Waals surface area contributed by atoms with Gasteiger partial charge in [-0.2, -0.15) is 0 Å². The minimum atomic E-state index is -0.635. The fraction of sp³-hybridized carbons (Fsp3) is 0.438. The third kappa shape index (κ3) is 1.76. The van der Waals surface area contributed by atoms with E-state index in [0.29, 0.717) is 6.42 Å². The maximum atomic E-state index is 12.7. The molecular formula is C16H19NO2. The molecule has 0 saturated carbocycles. The number of fused-ring (bicyclic) bond motifs is 3. The van der Waals surface area contributed by atoms with Crippen LogP contribution in [0.2, 0.25) is 0 Å². The Kier molecular flexibility index (Phi) is 2.49. The van der Waals surface area contributed by atoms with E-state index in [0.717, 1.165) is 12.1 Å².